The number of nitrogens with zero attached hydrogens (tertiary/aromatic N) is 2. The first-order chi connectivity index (χ1) is 8.27. The number of hydrogen-bond acceptors (Lipinski definition) is 3. The molecule has 2 atom stereocenters. The van der Waals surface area contributed by atoms with Crippen LogP contribution in [0, 0.1) is 5.92 Å². The average Bonchev–Trinajstić information content (AvgIpc) is 2.39. The van der Waals surface area contributed by atoms with Crippen LogP contribution in [0.2, 0.25) is 0 Å². The molecule has 0 saturated heterocycles. The molecule has 0 amide bonds. The number of hydrogen-bond donors (Lipinski definition) is 1. The molecule has 0 saturated carbocycles. The van der Waals surface area contributed by atoms with Gasteiger partial charge >= 0.3 is 0 Å². The second-order valence-corrected chi connectivity index (χ2v) is 4.42. The van der Waals surface area contributed by atoms with Gasteiger partial charge in [0.1, 0.15) is 0 Å². The highest BCUT2D eigenvalue weighted by atomic mass is 14.9. The first kappa shape index (κ1) is 12.0. The summed E-state index contributed by atoms with van der Waals surface area (Å²) < 4.78 is 0. The molecule has 90 valence electrons. The lowest BCUT2D eigenvalue weighted by molar-refractivity contribution is 0.402. The third-order valence-electron chi connectivity index (χ3n) is 3.39. The van der Waals surface area contributed by atoms with E-state index < -0.39 is 0 Å². The number of rotatable bonds is 4. The third kappa shape index (κ3) is 2.29. The number of para-hydroxylation sites is 1. The highest BCUT2D eigenvalue weighted by Gasteiger charge is 2.18. The second kappa shape index (κ2) is 5.23. The Hall–Kier alpha value is -1.48. The van der Waals surface area contributed by atoms with Gasteiger partial charge in [0.2, 0.25) is 0 Å². The lowest BCUT2D eigenvalue weighted by Gasteiger charge is -2.23. The molecule has 2 rings (SSSR count). The number of aromatic nitrogens is 2. The summed E-state index contributed by atoms with van der Waals surface area (Å²) in [6, 6.07) is 6.54. The SMILES string of the molecule is CCC(C)C(NC)c1cccc2nccnc12. The monoisotopic (exact) mass is 229 g/mol. The fourth-order valence-electron chi connectivity index (χ4n) is 2.25. The molecule has 1 heterocycles. The van der Waals surface area contributed by atoms with Crippen LogP contribution in [0.5, 0.6) is 0 Å². The minimum atomic E-state index is 0.334. The first-order valence-corrected chi connectivity index (χ1v) is 6.14. The van der Waals surface area contributed by atoms with Gasteiger partial charge in [-0.15, -0.1) is 0 Å². The van der Waals surface area contributed by atoms with Gasteiger partial charge in [0, 0.05) is 18.4 Å². The van der Waals surface area contributed by atoms with Crippen molar-refractivity contribution in [3.63, 3.8) is 0 Å². The molecule has 1 N–H and O–H groups in total. The molecule has 2 unspecified atom stereocenters. The van der Waals surface area contributed by atoms with Crippen LogP contribution in [0.4, 0.5) is 0 Å². The number of nitrogens with one attached hydrogen (secondary N) is 1. The molecule has 0 bridgehead atoms. The normalized spacial score (nSPS) is 14.8. The summed E-state index contributed by atoms with van der Waals surface area (Å²) in [5.74, 6) is 0.576. The molecule has 0 spiro atoms. The Morgan fingerprint density at radius 3 is 2.71 bits per heavy atom. The molecular weight excluding hydrogens is 210 g/mol. The molecule has 0 aliphatic carbocycles. The molecule has 0 fully saturated rings. The smallest absolute Gasteiger partial charge is 0.0934 e. The number of benzene rings is 1. The zero-order chi connectivity index (χ0) is 12.3. The van der Waals surface area contributed by atoms with E-state index in [1.807, 2.05) is 13.1 Å². The Morgan fingerprint density at radius 2 is 2.00 bits per heavy atom. The predicted molar refractivity (Wildman–Crippen MR) is 70.8 cm³/mol. The standard InChI is InChI=1S/C14H19N3/c1-4-10(2)13(15-3)11-6-5-7-12-14(11)17-9-8-16-12/h5-10,13,15H,4H2,1-3H3. The van der Waals surface area contributed by atoms with Crippen LogP contribution in [0.25, 0.3) is 11.0 Å². The largest absolute Gasteiger partial charge is 0.313 e. The Bertz CT molecular complexity index is 490. The van der Waals surface area contributed by atoms with Crippen molar-refractivity contribution in [3.8, 4) is 0 Å². The van der Waals surface area contributed by atoms with Gasteiger partial charge in [-0.2, -0.15) is 0 Å². The minimum Gasteiger partial charge on any atom is -0.313 e. The zero-order valence-corrected chi connectivity index (χ0v) is 10.6. The zero-order valence-electron chi connectivity index (χ0n) is 10.6. The molecule has 3 nitrogen and oxygen atoms in total. The summed E-state index contributed by atoms with van der Waals surface area (Å²) in [7, 11) is 2.01. The van der Waals surface area contributed by atoms with Crippen LogP contribution in [0.3, 0.4) is 0 Å². The molecular formula is C14H19N3. The van der Waals surface area contributed by atoms with E-state index in [1.54, 1.807) is 12.4 Å². The highest BCUT2D eigenvalue weighted by Crippen LogP contribution is 2.28. The molecule has 0 radical (unpaired) electrons. The summed E-state index contributed by atoms with van der Waals surface area (Å²) in [6.45, 7) is 4.47. The summed E-state index contributed by atoms with van der Waals surface area (Å²) in [5.41, 5.74) is 3.22. The van der Waals surface area contributed by atoms with Gasteiger partial charge in [-0.1, -0.05) is 32.4 Å². The summed E-state index contributed by atoms with van der Waals surface area (Å²) in [6.07, 6.45) is 4.64. The Balaban J connectivity index is 2.53. The highest BCUT2D eigenvalue weighted by molar-refractivity contribution is 5.78. The van der Waals surface area contributed by atoms with Crippen LogP contribution in [-0.2, 0) is 0 Å². The van der Waals surface area contributed by atoms with Crippen LogP contribution in [0.1, 0.15) is 31.9 Å². The quantitative estimate of drug-likeness (QED) is 0.876. The van der Waals surface area contributed by atoms with Crippen molar-refractivity contribution in [1.82, 2.24) is 15.3 Å². The van der Waals surface area contributed by atoms with Crippen molar-refractivity contribution in [1.29, 1.82) is 0 Å². The maximum Gasteiger partial charge on any atom is 0.0934 e. The Kier molecular flexibility index (Phi) is 3.69. The van der Waals surface area contributed by atoms with E-state index in [-0.39, 0.29) is 0 Å². The Morgan fingerprint density at radius 1 is 1.24 bits per heavy atom. The van der Waals surface area contributed by atoms with Crippen LogP contribution >= 0.6 is 0 Å². The average molecular weight is 229 g/mol. The van der Waals surface area contributed by atoms with Crippen molar-refractivity contribution in [2.45, 2.75) is 26.3 Å². The fourth-order valence-corrected chi connectivity index (χ4v) is 2.25. The minimum absolute atomic E-state index is 0.334. The maximum absolute atomic E-state index is 4.46. The van der Waals surface area contributed by atoms with E-state index in [1.165, 1.54) is 5.56 Å². The van der Waals surface area contributed by atoms with E-state index >= 15 is 0 Å². The fraction of sp³-hybridized carbons (Fsp3) is 0.429. The predicted octanol–water partition coefficient (Wildman–Crippen LogP) is 2.94. The van der Waals surface area contributed by atoms with Gasteiger partial charge in [0.25, 0.3) is 0 Å². The van der Waals surface area contributed by atoms with Gasteiger partial charge < -0.3 is 5.32 Å². The third-order valence-corrected chi connectivity index (χ3v) is 3.39. The van der Waals surface area contributed by atoms with Crippen LogP contribution < -0.4 is 5.32 Å². The van der Waals surface area contributed by atoms with Gasteiger partial charge in [-0.25, -0.2) is 0 Å². The van der Waals surface area contributed by atoms with E-state index in [0.717, 1.165) is 17.5 Å². The summed E-state index contributed by atoms with van der Waals surface area (Å²) in [4.78, 5) is 8.82. The molecule has 1 aromatic heterocycles. The van der Waals surface area contributed by atoms with Crippen LogP contribution in [-0.4, -0.2) is 17.0 Å². The lowest BCUT2D eigenvalue weighted by atomic mass is 9.91. The van der Waals surface area contributed by atoms with Crippen molar-refractivity contribution in [3.05, 3.63) is 36.2 Å². The topological polar surface area (TPSA) is 37.8 Å². The lowest BCUT2D eigenvalue weighted by Crippen LogP contribution is -2.23. The molecule has 1 aromatic carbocycles. The second-order valence-electron chi connectivity index (χ2n) is 4.42. The van der Waals surface area contributed by atoms with Crippen molar-refractivity contribution >= 4 is 11.0 Å². The summed E-state index contributed by atoms with van der Waals surface area (Å²) in [5, 5.41) is 3.39. The van der Waals surface area contributed by atoms with E-state index in [0.29, 0.717) is 12.0 Å². The van der Waals surface area contributed by atoms with E-state index in [4.69, 9.17) is 0 Å². The molecule has 0 aliphatic heterocycles. The molecule has 17 heavy (non-hydrogen) atoms. The number of fused-ring (bicyclic) bond motifs is 1. The Labute approximate surface area is 102 Å². The van der Waals surface area contributed by atoms with Crippen LogP contribution in [0.15, 0.2) is 30.6 Å². The molecule has 2 aromatic rings. The van der Waals surface area contributed by atoms with Gasteiger partial charge in [-0.05, 0) is 24.6 Å². The van der Waals surface area contributed by atoms with Crippen molar-refractivity contribution in [2.24, 2.45) is 5.92 Å². The van der Waals surface area contributed by atoms with Gasteiger partial charge in [0.15, 0.2) is 0 Å². The maximum atomic E-state index is 4.46. The van der Waals surface area contributed by atoms with Crippen molar-refractivity contribution < 1.29 is 0 Å². The van der Waals surface area contributed by atoms with Crippen molar-refractivity contribution in [2.75, 3.05) is 7.05 Å². The van der Waals surface area contributed by atoms with E-state index in [2.05, 4.69) is 41.3 Å². The van der Waals surface area contributed by atoms with E-state index in [9.17, 15) is 0 Å². The van der Waals surface area contributed by atoms with Gasteiger partial charge in [0.05, 0.1) is 11.0 Å². The molecule has 3 heteroatoms. The summed E-state index contributed by atoms with van der Waals surface area (Å²) >= 11 is 0. The first-order valence-electron chi connectivity index (χ1n) is 6.14. The molecule has 0 aliphatic rings. The van der Waals surface area contributed by atoms with Gasteiger partial charge in [-0.3, -0.25) is 9.97 Å².